The van der Waals surface area contributed by atoms with Crippen LogP contribution in [0.25, 0.3) is 11.3 Å². The van der Waals surface area contributed by atoms with Gasteiger partial charge in [0, 0.05) is 63.5 Å². The predicted octanol–water partition coefficient (Wildman–Crippen LogP) is 3.69. The van der Waals surface area contributed by atoms with Crippen LogP contribution < -0.4 is 20.0 Å². The summed E-state index contributed by atoms with van der Waals surface area (Å²) in [4.78, 5) is 30.8. The van der Waals surface area contributed by atoms with E-state index in [0.29, 0.717) is 28.8 Å². The molecule has 0 unspecified atom stereocenters. The van der Waals surface area contributed by atoms with E-state index < -0.39 is 5.97 Å². The van der Waals surface area contributed by atoms with E-state index in [-0.39, 0.29) is 17.7 Å². The fraction of sp³-hybridized carbons (Fsp3) is 0.559. The summed E-state index contributed by atoms with van der Waals surface area (Å²) in [7, 11) is 0. The molecule has 242 valence electrons. The molecule has 5 heterocycles. The molecule has 4 fully saturated rings. The lowest BCUT2D eigenvalue weighted by atomic mass is 9.56. The number of rotatable bonds is 5. The highest BCUT2D eigenvalue weighted by atomic mass is 16.4. The number of hydrogen-bond donors (Lipinski definition) is 3. The summed E-state index contributed by atoms with van der Waals surface area (Å²) >= 11 is 0. The van der Waals surface area contributed by atoms with Crippen LogP contribution in [-0.2, 0) is 4.79 Å². The summed E-state index contributed by atoms with van der Waals surface area (Å²) in [6, 6.07) is 10.6. The molecule has 12 heteroatoms. The number of aromatic hydroxyl groups is 1. The fourth-order valence-electron chi connectivity index (χ4n) is 8.74. The first kappa shape index (κ1) is 29.2. The van der Waals surface area contributed by atoms with Gasteiger partial charge in [0.2, 0.25) is 5.95 Å². The number of carbonyl (C=O) groups is 1. The highest BCUT2D eigenvalue weighted by Gasteiger charge is 2.50. The first-order valence-corrected chi connectivity index (χ1v) is 16.8. The molecule has 3 aliphatic heterocycles. The zero-order valence-corrected chi connectivity index (χ0v) is 26.4. The standard InChI is InChI=1S/C34H43N9O3/c1-22-20-40(10-12-42(22)24-15-34(16-24)8-6-23(7-9-34)32(45)46)25-17-36-33(37-18-25)41-11-13-43-26(21-41)19-35-31-29(43)14-28(38-39-31)27-4-2-3-5-30(27)44/h2-5,14,17-18,22-24,26,44H,6-13,15-16,19-21H2,1H3,(H,35,39)(H,45,46)/t22-,23?,24?,26+,34?/m1/s1. The molecule has 2 saturated heterocycles. The molecular weight excluding hydrogens is 582 g/mol. The number of nitrogens with zero attached hydrogens (tertiary/aromatic N) is 8. The number of piperazine rings is 2. The number of carboxylic acids is 1. The van der Waals surface area contributed by atoms with Crippen LogP contribution in [0.15, 0.2) is 42.7 Å². The maximum atomic E-state index is 11.4. The van der Waals surface area contributed by atoms with Gasteiger partial charge in [0.1, 0.15) is 5.75 Å². The van der Waals surface area contributed by atoms with Gasteiger partial charge in [0.05, 0.1) is 41.4 Å². The maximum Gasteiger partial charge on any atom is 0.306 e. The van der Waals surface area contributed by atoms with Crippen molar-refractivity contribution < 1.29 is 15.0 Å². The number of benzene rings is 1. The molecule has 2 aliphatic carbocycles. The summed E-state index contributed by atoms with van der Waals surface area (Å²) in [5, 5.41) is 32.0. The molecule has 0 amide bonds. The topological polar surface area (TPSA) is 134 Å². The maximum absolute atomic E-state index is 11.4. The number of phenolic OH excluding ortho intramolecular Hbond substituents is 1. The molecule has 2 aromatic heterocycles. The number of fused-ring (bicyclic) bond motifs is 3. The number of hydrogen-bond acceptors (Lipinski definition) is 11. The van der Waals surface area contributed by atoms with Crippen molar-refractivity contribution >= 4 is 29.1 Å². The summed E-state index contributed by atoms with van der Waals surface area (Å²) in [5.74, 6) is 0.996. The van der Waals surface area contributed by atoms with E-state index in [4.69, 9.17) is 9.97 Å². The van der Waals surface area contributed by atoms with Gasteiger partial charge in [-0.15, -0.1) is 10.2 Å². The van der Waals surface area contributed by atoms with E-state index in [2.05, 4.69) is 42.0 Å². The number of phenols is 1. The summed E-state index contributed by atoms with van der Waals surface area (Å²) in [6.45, 7) is 8.49. The number of carboxylic acid groups (broad SMARTS) is 1. The van der Waals surface area contributed by atoms with E-state index in [0.717, 1.165) is 94.6 Å². The highest BCUT2D eigenvalue weighted by Crippen LogP contribution is 2.54. The molecule has 5 aliphatic rings. The van der Waals surface area contributed by atoms with Crippen molar-refractivity contribution in [2.24, 2.45) is 11.3 Å². The highest BCUT2D eigenvalue weighted by molar-refractivity contribution is 5.76. The minimum absolute atomic E-state index is 0.131. The van der Waals surface area contributed by atoms with Crippen molar-refractivity contribution in [1.29, 1.82) is 0 Å². The number of aliphatic carboxylic acids is 1. The number of nitrogens with one attached hydrogen (secondary N) is 1. The van der Waals surface area contributed by atoms with Crippen LogP contribution >= 0.6 is 0 Å². The Morgan fingerprint density at radius 1 is 0.957 bits per heavy atom. The average Bonchev–Trinajstić information content (AvgIpc) is 3.07. The Morgan fingerprint density at radius 2 is 1.72 bits per heavy atom. The van der Waals surface area contributed by atoms with Crippen LogP contribution in [0.1, 0.15) is 45.4 Å². The first-order valence-electron chi connectivity index (χ1n) is 16.8. The lowest BCUT2D eigenvalue weighted by molar-refractivity contribution is -0.145. The van der Waals surface area contributed by atoms with Crippen LogP contribution in [0.2, 0.25) is 0 Å². The summed E-state index contributed by atoms with van der Waals surface area (Å²) < 4.78 is 0. The molecule has 8 rings (SSSR count). The molecule has 0 bridgehead atoms. The second kappa shape index (κ2) is 11.6. The fourth-order valence-corrected chi connectivity index (χ4v) is 8.74. The van der Waals surface area contributed by atoms with E-state index in [1.165, 1.54) is 12.8 Å². The monoisotopic (exact) mass is 625 g/mol. The minimum atomic E-state index is -0.612. The van der Waals surface area contributed by atoms with Gasteiger partial charge in [-0.2, -0.15) is 0 Å². The van der Waals surface area contributed by atoms with E-state index in [1.54, 1.807) is 12.1 Å². The molecule has 3 N–H and O–H groups in total. The third kappa shape index (κ3) is 5.26. The van der Waals surface area contributed by atoms with Crippen LogP contribution in [-0.4, -0.2) is 105 Å². The molecule has 2 atom stereocenters. The van der Waals surface area contributed by atoms with Crippen molar-refractivity contribution in [3.05, 3.63) is 42.7 Å². The third-order valence-electron chi connectivity index (χ3n) is 11.4. The zero-order chi connectivity index (χ0) is 31.4. The Kier molecular flexibility index (Phi) is 7.34. The van der Waals surface area contributed by atoms with Gasteiger partial charge >= 0.3 is 5.97 Å². The van der Waals surface area contributed by atoms with Crippen molar-refractivity contribution in [2.45, 2.75) is 63.6 Å². The zero-order valence-electron chi connectivity index (χ0n) is 26.4. The van der Waals surface area contributed by atoms with E-state index in [9.17, 15) is 15.0 Å². The minimum Gasteiger partial charge on any atom is -0.507 e. The first-order chi connectivity index (χ1) is 22.4. The molecule has 2 saturated carbocycles. The van der Waals surface area contributed by atoms with Crippen molar-refractivity contribution in [3.8, 4) is 17.0 Å². The lowest BCUT2D eigenvalue weighted by Crippen LogP contribution is -2.61. The van der Waals surface area contributed by atoms with Crippen molar-refractivity contribution in [2.75, 3.05) is 65.8 Å². The predicted molar refractivity (Wildman–Crippen MR) is 176 cm³/mol. The largest absolute Gasteiger partial charge is 0.507 e. The average molecular weight is 626 g/mol. The second-order valence-electron chi connectivity index (χ2n) is 14.1. The smallest absolute Gasteiger partial charge is 0.306 e. The normalized spacial score (nSPS) is 29.5. The molecule has 3 aromatic rings. The number of anilines is 4. The Bertz CT molecular complexity index is 1590. The number of para-hydroxylation sites is 1. The van der Waals surface area contributed by atoms with Gasteiger partial charge in [-0.3, -0.25) is 9.69 Å². The van der Waals surface area contributed by atoms with Gasteiger partial charge in [-0.05, 0) is 69.1 Å². The summed E-state index contributed by atoms with van der Waals surface area (Å²) in [6.07, 6.45) is 10.3. The van der Waals surface area contributed by atoms with Crippen LogP contribution in [0.3, 0.4) is 0 Å². The number of aromatic nitrogens is 4. The SMILES string of the molecule is C[C@@H]1CN(c2cnc(N3CCN4c5cc(-c6ccccc6O)nnc5NC[C@H]4C3)nc2)CCN1C1CC2(CCC(C(=O)O)CC2)C1. The Labute approximate surface area is 269 Å². The van der Waals surface area contributed by atoms with Crippen LogP contribution in [0, 0.1) is 11.3 Å². The van der Waals surface area contributed by atoms with Gasteiger partial charge in [-0.1, -0.05) is 12.1 Å². The van der Waals surface area contributed by atoms with Gasteiger partial charge < -0.3 is 30.2 Å². The quantitative estimate of drug-likeness (QED) is 0.382. The van der Waals surface area contributed by atoms with Gasteiger partial charge in [-0.25, -0.2) is 9.97 Å². The molecule has 46 heavy (non-hydrogen) atoms. The van der Waals surface area contributed by atoms with Crippen LogP contribution in [0.5, 0.6) is 5.75 Å². The van der Waals surface area contributed by atoms with Crippen molar-refractivity contribution in [1.82, 2.24) is 25.1 Å². The lowest BCUT2D eigenvalue weighted by Gasteiger charge is -2.57. The van der Waals surface area contributed by atoms with Crippen molar-refractivity contribution in [3.63, 3.8) is 0 Å². The van der Waals surface area contributed by atoms with Gasteiger partial charge in [0.15, 0.2) is 5.82 Å². The molecule has 1 aromatic carbocycles. The van der Waals surface area contributed by atoms with Crippen LogP contribution in [0.4, 0.5) is 23.1 Å². The Hall–Kier alpha value is -4.19. The Morgan fingerprint density at radius 3 is 2.46 bits per heavy atom. The molecule has 0 radical (unpaired) electrons. The third-order valence-corrected chi connectivity index (χ3v) is 11.4. The molecule has 12 nitrogen and oxygen atoms in total. The second-order valence-corrected chi connectivity index (χ2v) is 14.1. The molecular formula is C34H43N9O3. The van der Waals surface area contributed by atoms with Gasteiger partial charge in [0.25, 0.3) is 0 Å². The van der Waals surface area contributed by atoms with E-state index in [1.807, 2.05) is 30.6 Å². The Balaban J connectivity index is 0.866. The molecule has 1 spiro atoms. The van der Waals surface area contributed by atoms with E-state index >= 15 is 0 Å². The summed E-state index contributed by atoms with van der Waals surface area (Å²) in [5.41, 5.74) is 3.82.